The summed E-state index contributed by atoms with van der Waals surface area (Å²) < 4.78 is 13.5. The van der Waals surface area contributed by atoms with E-state index in [1.54, 1.807) is 0 Å². The van der Waals surface area contributed by atoms with Gasteiger partial charge in [0.15, 0.2) is 0 Å². The van der Waals surface area contributed by atoms with Crippen molar-refractivity contribution in [3.8, 4) is 0 Å². The maximum Gasteiger partial charge on any atom is 0.149 e. The summed E-state index contributed by atoms with van der Waals surface area (Å²) in [4.78, 5) is 7.75. The van der Waals surface area contributed by atoms with E-state index in [1.807, 2.05) is 0 Å². The molecular formula is C10H5BrCl2FN3. The average Bonchev–Trinajstić information content (AvgIpc) is 2.30. The molecule has 3 nitrogen and oxygen atoms in total. The van der Waals surface area contributed by atoms with Crippen molar-refractivity contribution >= 4 is 50.6 Å². The molecule has 2 aromatic rings. The molecule has 88 valence electrons. The zero-order valence-corrected chi connectivity index (χ0v) is 11.3. The van der Waals surface area contributed by atoms with Gasteiger partial charge in [-0.15, -0.1) is 0 Å². The third-order valence-electron chi connectivity index (χ3n) is 1.93. The van der Waals surface area contributed by atoms with E-state index in [1.165, 1.54) is 24.5 Å². The second kappa shape index (κ2) is 5.16. The van der Waals surface area contributed by atoms with Gasteiger partial charge in [0.25, 0.3) is 0 Å². The SMILES string of the molecule is Fc1ccc(Cl)c(Nc2ncnc(Cl)c2Br)c1. The van der Waals surface area contributed by atoms with E-state index in [0.29, 0.717) is 21.0 Å². The summed E-state index contributed by atoms with van der Waals surface area (Å²) in [6, 6.07) is 4.00. The fourth-order valence-corrected chi connectivity index (χ4v) is 1.76. The van der Waals surface area contributed by atoms with Crippen molar-refractivity contribution < 1.29 is 4.39 Å². The van der Waals surface area contributed by atoms with Gasteiger partial charge in [-0.1, -0.05) is 23.2 Å². The van der Waals surface area contributed by atoms with E-state index in [2.05, 4.69) is 31.2 Å². The molecular weight excluding hydrogens is 332 g/mol. The predicted molar refractivity (Wildman–Crippen MR) is 69.4 cm³/mol. The molecule has 0 fully saturated rings. The highest BCUT2D eigenvalue weighted by atomic mass is 79.9. The van der Waals surface area contributed by atoms with Gasteiger partial charge in [0.2, 0.25) is 0 Å². The molecule has 0 unspecified atom stereocenters. The summed E-state index contributed by atoms with van der Waals surface area (Å²) >= 11 is 14.9. The van der Waals surface area contributed by atoms with E-state index >= 15 is 0 Å². The lowest BCUT2D eigenvalue weighted by atomic mass is 10.3. The van der Waals surface area contributed by atoms with E-state index < -0.39 is 5.82 Å². The minimum absolute atomic E-state index is 0.259. The fraction of sp³-hybridized carbons (Fsp3) is 0. The molecule has 1 N–H and O–H groups in total. The van der Waals surface area contributed by atoms with Gasteiger partial charge in [-0.25, -0.2) is 14.4 Å². The number of anilines is 2. The molecule has 7 heteroatoms. The maximum atomic E-state index is 13.1. The Balaban J connectivity index is 2.38. The molecule has 0 bridgehead atoms. The zero-order chi connectivity index (χ0) is 12.4. The number of aromatic nitrogens is 2. The lowest BCUT2D eigenvalue weighted by Crippen LogP contribution is -1.97. The van der Waals surface area contributed by atoms with Crippen LogP contribution in [-0.4, -0.2) is 9.97 Å². The maximum absolute atomic E-state index is 13.1. The third-order valence-corrected chi connectivity index (χ3v) is 3.52. The number of nitrogens with zero attached hydrogens (tertiary/aromatic N) is 2. The molecule has 0 aliphatic heterocycles. The van der Waals surface area contributed by atoms with Crippen LogP contribution in [0, 0.1) is 5.82 Å². The predicted octanol–water partition coefficient (Wildman–Crippen LogP) is 4.43. The zero-order valence-electron chi connectivity index (χ0n) is 8.22. The first-order chi connectivity index (χ1) is 8.08. The van der Waals surface area contributed by atoms with E-state index in [4.69, 9.17) is 23.2 Å². The van der Waals surface area contributed by atoms with Crippen LogP contribution >= 0.6 is 39.1 Å². The van der Waals surface area contributed by atoms with Crippen LogP contribution in [0.25, 0.3) is 0 Å². The minimum atomic E-state index is -0.395. The molecule has 0 aliphatic carbocycles. The summed E-state index contributed by atoms with van der Waals surface area (Å²) in [6.45, 7) is 0. The summed E-state index contributed by atoms with van der Waals surface area (Å²) in [7, 11) is 0. The van der Waals surface area contributed by atoms with Crippen molar-refractivity contribution in [3.63, 3.8) is 0 Å². The number of benzene rings is 1. The molecule has 0 aliphatic rings. The van der Waals surface area contributed by atoms with Crippen LogP contribution in [0.3, 0.4) is 0 Å². The summed E-state index contributed by atoms with van der Waals surface area (Å²) in [6.07, 6.45) is 1.29. The lowest BCUT2D eigenvalue weighted by Gasteiger charge is -2.09. The number of rotatable bonds is 2. The van der Waals surface area contributed by atoms with Crippen molar-refractivity contribution in [1.82, 2.24) is 9.97 Å². The molecule has 17 heavy (non-hydrogen) atoms. The summed E-state index contributed by atoms with van der Waals surface area (Å²) in [5.41, 5.74) is 0.405. The van der Waals surface area contributed by atoms with E-state index in [0.717, 1.165) is 0 Å². The number of halogens is 4. The van der Waals surface area contributed by atoms with Gasteiger partial charge in [-0.3, -0.25) is 0 Å². The molecule has 0 saturated heterocycles. The van der Waals surface area contributed by atoms with Gasteiger partial charge in [-0.2, -0.15) is 0 Å². The standard InChI is InChI=1S/C10H5BrCl2FN3/c11-8-9(13)15-4-16-10(8)17-7-3-5(14)1-2-6(7)12/h1-4H,(H,15,16,17). The van der Waals surface area contributed by atoms with E-state index in [-0.39, 0.29) is 5.15 Å². The molecule has 0 saturated carbocycles. The molecule has 1 heterocycles. The second-order valence-electron chi connectivity index (χ2n) is 3.08. The van der Waals surface area contributed by atoms with Gasteiger partial charge in [-0.05, 0) is 34.1 Å². The van der Waals surface area contributed by atoms with Crippen LogP contribution in [0.1, 0.15) is 0 Å². The van der Waals surface area contributed by atoms with Crippen LogP contribution in [-0.2, 0) is 0 Å². The van der Waals surface area contributed by atoms with Crippen LogP contribution in [0.15, 0.2) is 29.0 Å². The lowest BCUT2D eigenvalue weighted by molar-refractivity contribution is 0.628. The Bertz CT molecular complexity index is 565. The summed E-state index contributed by atoms with van der Waals surface area (Å²) in [5.74, 6) is 0.0191. The third kappa shape index (κ3) is 2.86. The largest absolute Gasteiger partial charge is 0.338 e. The van der Waals surface area contributed by atoms with Crippen molar-refractivity contribution in [3.05, 3.63) is 45.0 Å². The van der Waals surface area contributed by atoms with Crippen LogP contribution in [0.4, 0.5) is 15.9 Å². The molecule has 1 aromatic carbocycles. The smallest absolute Gasteiger partial charge is 0.149 e. The van der Waals surface area contributed by atoms with Crippen LogP contribution in [0.2, 0.25) is 10.2 Å². The molecule has 0 spiro atoms. The van der Waals surface area contributed by atoms with Gasteiger partial charge in [0.1, 0.15) is 23.1 Å². The van der Waals surface area contributed by atoms with Crippen molar-refractivity contribution in [2.45, 2.75) is 0 Å². The Kier molecular flexibility index (Phi) is 3.81. The Labute approximate surface area is 115 Å². The van der Waals surface area contributed by atoms with Gasteiger partial charge in [0, 0.05) is 0 Å². The molecule has 0 radical (unpaired) electrons. The van der Waals surface area contributed by atoms with Gasteiger partial charge in [0.05, 0.1) is 15.2 Å². The van der Waals surface area contributed by atoms with Crippen LogP contribution < -0.4 is 5.32 Å². The Hall–Kier alpha value is -0.910. The average molecular weight is 337 g/mol. The second-order valence-corrected chi connectivity index (χ2v) is 4.63. The van der Waals surface area contributed by atoms with E-state index in [9.17, 15) is 4.39 Å². The quantitative estimate of drug-likeness (QED) is 0.824. The van der Waals surface area contributed by atoms with Crippen LogP contribution in [0.5, 0.6) is 0 Å². The Morgan fingerprint density at radius 3 is 2.76 bits per heavy atom. The number of hydrogen-bond donors (Lipinski definition) is 1. The fourth-order valence-electron chi connectivity index (χ4n) is 1.16. The molecule has 0 atom stereocenters. The van der Waals surface area contributed by atoms with Gasteiger partial charge < -0.3 is 5.32 Å². The number of hydrogen-bond acceptors (Lipinski definition) is 3. The Morgan fingerprint density at radius 1 is 1.24 bits per heavy atom. The highest BCUT2D eigenvalue weighted by Gasteiger charge is 2.09. The first kappa shape index (κ1) is 12.5. The topological polar surface area (TPSA) is 37.8 Å². The summed E-state index contributed by atoms with van der Waals surface area (Å²) in [5, 5.41) is 3.51. The van der Waals surface area contributed by atoms with Crippen molar-refractivity contribution in [2.24, 2.45) is 0 Å². The number of nitrogens with one attached hydrogen (secondary N) is 1. The Morgan fingerprint density at radius 2 is 2.00 bits per heavy atom. The molecule has 1 aromatic heterocycles. The minimum Gasteiger partial charge on any atom is -0.338 e. The van der Waals surface area contributed by atoms with Crippen molar-refractivity contribution in [1.29, 1.82) is 0 Å². The first-order valence-corrected chi connectivity index (χ1v) is 6.01. The molecule has 0 amide bonds. The normalized spacial score (nSPS) is 10.4. The highest BCUT2D eigenvalue weighted by Crippen LogP contribution is 2.31. The molecule has 2 rings (SSSR count). The highest BCUT2D eigenvalue weighted by molar-refractivity contribution is 9.10. The first-order valence-electron chi connectivity index (χ1n) is 4.46. The van der Waals surface area contributed by atoms with Gasteiger partial charge >= 0.3 is 0 Å². The van der Waals surface area contributed by atoms with Crippen molar-refractivity contribution in [2.75, 3.05) is 5.32 Å². The monoisotopic (exact) mass is 335 g/mol.